The summed E-state index contributed by atoms with van der Waals surface area (Å²) in [6.45, 7) is 0. The maximum Gasteiger partial charge on any atom is 0.178 e. The monoisotopic (exact) mass is 256 g/mol. The fourth-order valence-electron chi connectivity index (χ4n) is 2.07. The largest absolute Gasteiger partial charge is 0.508 e. The van der Waals surface area contributed by atoms with Gasteiger partial charge in [-0.25, -0.2) is 0 Å². The molecule has 5 nitrogen and oxygen atoms in total. The average molecular weight is 256 g/mol. The minimum atomic E-state index is 0.202. The molecule has 0 saturated carbocycles. The summed E-state index contributed by atoms with van der Waals surface area (Å²) in [6, 6.07) is 10.6. The summed E-state index contributed by atoms with van der Waals surface area (Å²) in [5, 5.41) is 13.9. The van der Waals surface area contributed by atoms with Gasteiger partial charge in [-0.05, 0) is 35.4 Å². The van der Waals surface area contributed by atoms with Gasteiger partial charge < -0.3 is 20.1 Å². The Morgan fingerprint density at radius 3 is 2.79 bits per heavy atom. The zero-order valence-corrected chi connectivity index (χ0v) is 10.3. The molecule has 0 aliphatic heterocycles. The van der Waals surface area contributed by atoms with Crippen molar-refractivity contribution < 1.29 is 14.4 Å². The maximum atomic E-state index is 9.53. The average Bonchev–Trinajstić information content (AvgIpc) is 2.80. The highest BCUT2D eigenvalue weighted by Crippen LogP contribution is 2.36. The molecule has 0 saturated heterocycles. The van der Waals surface area contributed by atoms with Crippen LogP contribution in [-0.2, 0) is 0 Å². The van der Waals surface area contributed by atoms with Crippen LogP contribution in [0.15, 0.2) is 40.9 Å². The molecule has 0 unspecified atom stereocenters. The Hall–Kier alpha value is -2.69. The van der Waals surface area contributed by atoms with Gasteiger partial charge in [-0.15, -0.1) is 0 Å². The summed E-state index contributed by atoms with van der Waals surface area (Å²) >= 11 is 0. The van der Waals surface area contributed by atoms with Crippen molar-refractivity contribution in [1.29, 1.82) is 0 Å². The van der Waals surface area contributed by atoms with Crippen LogP contribution < -0.4 is 10.5 Å². The molecule has 1 heterocycles. The van der Waals surface area contributed by atoms with Gasteiger partial charge in [0.25, 0.3) is 0 Å². The van der Waals surface area contributed by atoms with E-state index in [0.717, 1.165) is 11.1 Å². The Balaban J connectivity index is 2.25. The van der Waals surface area contributed by atoms with Crippen molar-refractivity contribution in [3.05, 3.63) is 36.4 Å². The summed E-state index contributed by atoms with van der Waals surface area (Å²) in [6.07, 6.45) is 0. The van der Waals surface area contributed by atoms with Gasteiger partial charge in [0.05, 0.1) is 7.11 Å². The minimum Gasteiger partial charge on any atom is -0.508 e. The lowest BCUT2D eigenvalue weighted by Crippen LogP contribution is -1.89. The molecule has 0 aliphatic carbocycles. The Labute approximate surface area is 109 Å². The van der Waals surface area contributed by atoms with E-state index in [2.05, 4.69) is 5.16 Å². The zero-order chi connectivity index (χ0) is 13.4. The van der Waals surface area contributed by atoms with Crippen molar-refractivity contribution in [2.24, 2.45) is 0 Å². The Morgan fingerprint density at radius 1 is 1.21 bits per heavy atom. The summed E-state index contributed by atoms with van der Waals surface area (Å²) in [4.78, 5) is 0. The molecule has 0 aliphatic rings. The molecule has 96 valence electrons. The van der Waals surface area contributed by atoms with E-state index in [1.165, 1.54) is 0 Å². The third kappa shape index (κ3) is 1.85. The summed E-state index contributed by atoms with van der Waals surface area (Å²) in [5.41, 5.74) is 8.01. The molecule has 19 heavy (non-hydrogen) atoms. The Bertz CT molecular complexity index is 750. The van der Waals surface area contributed by atoms with E-state index in [-0.39, 0.29) is 5.75 Å². The molecule has 1 aromatic heterocycles. The molecule has 0 amide bonds. The number of fused-ring (bicyclic) bond motifs is 1. The second-order valence-corrected chi connectivity index (χ2v) is 4.17. The van der Waals surface area contributed by atoms with Crippen LogP contribution in [0.2, 0.25) is 0 Å². The third-order valence-electron chi connectivity index (χ3n) is 2.96. The molecule has 0 atom stereocenters. The number of aromatic hydroxyl groups is 1. The lowest BCUT2D eigenvalue weighted by Gasteiger charge is -2.06. The first-order valence-corrected chi connectivity index (χ1v) is 5.71. The third-order valence-corrected chi connectivity index (χ3v) is 2.96. The van der Waals surface area contributed by atoms with Gasteiger partial charge in [-0.2, -0.15) is 0 Å². The topological polar surface area (TPSA) is 81.5 Å². The van der Waals surface area contributed by atoms with Crippen molar-refractivity contribution in [3.63, 3.8) is 0 Å². The van der Waals surface area contributed by atoms with Crippen molar-refractivity contribution in [2.45, 2.75) is 0 Å². The zero-order valence-electron chi connectivity index (χ0n) is 10.3. The SMILES string of the molecule is COc1cc(-c2cccc(O)c2)cc2onc(N)c12. The fourth-order valence-corrected chi connectivity index (χ4v) is 2.07. The van der Waals surface area contributed by atoms with Crippen LogP contribution in [0.25, 0.3) is 22.1 Å². The predicted molar refractivity (Wildman–Crippen MR) is 72.1 cm³/mol. The summed E-state index contributed by atoms with van der Waals surface area (Å²) in [5.74, 6) is 1.09. The number of nitrogens with zero attached hydrogens (tertiary/aromatic N) is 1. The van der Waals surface area contributed by atoms with Crippen LogP contribution in [0.3, 0.4) is 0 Å². The van der Waals surface area contributed by atoms with E-state index >= 15 is 0 Å². The predicted octanol–water partition coefficient (Wildman–Crippen LogP) is 2.79. The lowest BCUT2D eigenvalue weighted by atomic mass is 10.0. The number of benzene rings is 2. The molecule has 3 aromatic rings. The van der Waals surface area contributed by atoms with Gasteiger partial charge in [-0.3, -0.25) is 0 Å². The first-order valence-electron chi connectivity index (χ1n) is 5.71. The van der Waals surface area contributed by atoms with E-state index < -0.39 is 0 Å². The number of anilines is 1. The van der Waals surface area contributed by atoms with E-state index in [1.54, 1.807) is 25.3 Å². The van der Waals surface area contributed by atoms with Crippen LogP contribution in [0, 0.1) is 0 Å². The van der Waals surface area contributed by atoms with Gasteiger partial charge in [0, 0.05) is 0 Å². The number of rotatable bonds is 2. The molecule has 3 N–H and O–H groups in total. The highest BCUT2D eigenvalue weighted by Gasteiger charge is 2.13. The van der Waals surface area contributed by atoms with Gasteiger partial charge >= 0.3 is 0 Å². The van der Waals surface area contributed by atoms with Crippen LogP contribution >= 0.6 is 0 Å². The molecule has 5 heteroatoms. The number of methoxy groups -OCH3 is 1. The lowest BCUT2D eigenvalue weighted by molar-refractivity contribution is 0.419. The number of ether oxygens (including phenoxy) is 1. The first-order chi connectivity index (χ1) is 9.19. The van der Waals surface area contributed by atoms with Gasteiger partial charge in [-0.1, -0.05) is 17.3 Å². The van der Waals surface area contributed by atoms with Crippen molar-refractivity contribution in [1.82, 2.24) is 5.16 Å². The molecular formula is C14H12N2O3. The van der Waals surface area contributed by atoms with Crippen LogP contribution in [0.1, 0.15) is 0 Å². The van der Waals surface area contributed by atoms with Gasteiger partial charge in [0.15, 0.2) is 11.4 Å². The smallest absolute Gasteiger partial charge is 0.178 e. The van der Waals surface area contributed by atoms with Crippen LogP contribution in [-0.4, -0.2) is 17.4 Å². The first kappa shape index (κ1) is 11.4. The number of hydrogen-bond donors (Lipinski definition) is 2. The molecule has 0 fully saturated rings. The van der Waals surface area contributed by atoms with E-state index in [4.69, 9.17) is 15.0 Å². The number of phenolic OH excluding ortho intramolecular Hbond substituents is 1. The molecular weight excluding hydrogens is 244 g/mol. The van der Waals surface area contributed by atoms with E-state index in [1.807, 2.05) is 18.2 Å². The van der Waals surface area contributed by atoms with Crippen LogP contribution in [0.4, 0.5) is 5.82 Å². The summed E-state index contributed by atoms with van der Waals surface area (Å²) in [7, 11) is 1.56. The minimum absolute atomic E-state index is 0.202. The molecule has 3 rings (SSSR count). The van der Waals surface area contributed by atoms with Crippen molar-refractivity contribution in [3.8, 4) is 22.6 Å². The molecule has 0 radical (unpaired) electrons. The second-order valence-electron chi connectivity index (χ2n) is 4.17. The summed E-state index contributed by atoms with van der Waals surface area (Å²) < 4.78 is 10.5. The number of nitrogen functional groups attached to an aromatic ring is 1. The van der Waals surface area contributed by atoms with Gasteiger partial charge in [0.1, 0.15) is 16.9 Å². The maximum absolute atomic E-state index is 9.53. The van der Waals surface area contributed by atoms with Crippen molar-refractivity contribution >= 4 is 16.8 Å². The molecule has 2 aromatic carbocycles. The van der Waals surface area contributed by atoms with E-state index in [0.29, 0.717) is 22.5 Å². The number of nitrogens with two attached hydrogens (primary N) is 1. The fraction of sp³-hybridized carbons (Fsp3) is 0.0714. The number of phenols is 1. The second kappa shape index (κ2) is 4.20. The molecule has 0 bridgehead atoms. The molecule has 0 spiro atoms. The quantitative estimate of drug-likeness (QED) is 0.736. The Kier molecular flexibility index (Phi) is 2.52. The highest BCUT2D eigenvalue weighted by atomic mass is 16.5. The standard InChI is InChI=1S/C14H12N2O3/c1-18-11-6-9(8-3-2-4-10(17)5-8)7-12-13(11)14(15)16-19-12/h2-7,17H,1H3,(H2,15,16). The normalized spacial score (nSPS) is 10.8. The van der Waals surface area contributed by atoms with Gasteiger partial charge in [0.2, 0.25) is 0 Å². The van der Waals surface area contributed by atoms with Crippen molar-refractivity contribution in [2.75, 3.05) is 12.8 Å². The van der Waals surface area contributed by atoms with E-state index in [9.17, 15) is 5.11 Å². The number of aromatic nitrogens is 1. The van der Waals surface area contributed by atoms with Crippen LogP contribution in [0.5, 0.6) is 11.5 Å². The Morgan fingerprint density at radius 2 is 2.05 bits per heavy atom. The number of hydrogen-bond acceptors (Lipinski definition) is 5. The highest BCUT2D eigenvalue weighted by molar-refractivity contribution is 5.96.